The Morgan fingerprint density at radius 1 is 0.900 bits per heavy atom. The summed E-state index contributed by atoms with van der Waals surface area (Å²) < 4.78 is 3.88. The topological polar surface area (TPSA) is 64.7 Å². The third kappa shape index (κ3) is 3.46. The summed E-state index contributed by atoms with van der Waals surface area (Å²) in [5.74, 6) is -0.169. The molecule has 0 saturated carbocycles. The van der Waals surface area contributed by atoms with E-state index in [0.29, 0.717) is 17.6 Å². The molecule has 0 aliphatic heterocycles. The molecule has 6 nitrogen and oxygen atoms in total. The number of para-hydroxylation sites is 1. The summed E-state index contributed by atoms with van der Waals surface area (Å²) in [6.07, 6.45) is 7.26. The molecule has 0 aliphatic carbocycles. The van der Waals surface area contributed by atoms with Crippen LogP contribution in [0.4, 0.5) is 5.69 Å². The van der Waals surface area contributed by atoms with Gasteiger partial charge in [-0.25, -0.2) is 4.68 Å². The Bertz CT molecular complexity index is 1290. The predicted molar refractivity (Wildman–Crippen MR) is 117 cm³/mol. The van der Waals surface area contributed by atoms with Crippen molar-refractivity contribution in [3.63, 3.8) is 0 Å². The van der Waals surface area contributed by atoms with Gasteiger partial charge in [-0.3, -0.25) is 9.78 Å². The summed E-state index contributed by atoms with van der Waals surface area (Å²) in [5, 5.41) is 7.21. The molecular weight excluding hydrogens is 374 g/mol. The van der Waals surface area contributed by atoms with Gasteiger partial charge in [0.25, 0.3) is 5.91 Å². The maximum absolute atomic E-state index is 12.9. The quantitative estimate of drug-likeness (QED) is 0.477. The van der Waals surface area contributed by atoms with E-state index in [-0.39, 0.29) is 5.91 Å². The molecule has 3 aromatic heterocycles. The molecule has 6 heteroatoms. The molecule has 0 bridgehead atoms. The smallest absolute Gasteiger partial charge is 0.259 e. The zero-order valence-corrected chi connectivity index (χ0v) is 16.1. The van der Waals surface area contributed by atoms with E-state index >= 15 is 0 Å². The summed E-state index contributed by atoms with van der Waals surface area (Å²) in [5.41, 5.74) is 5.06. The second-order valence-corrected chi connectivity index (χ2v) is 6.98. The van der Waals surface area contributed by atoms with Crippen molar-refractivity contribution in [1.29, 1.82) is 0 Å². The van der Waals surface area contributed by atoms with Crippen LogP contribution in [0.25, 0.3) is 16.7 Å². The predicted octanol–water partition coefficient (Wildman–Crippen LogP) is 4.52. The zero-order chi connectivity index (χ0) is 20.3. The van der Waals surface area contributed by atoms with Crippen molar-refractivity contribution in [2.75, 3.05) is 5.32 Å². The van der Waals surface area contributed by atoms with Gasteiger partial charge in [0.05, 0.1) is 16.8 Å². The van der Waals surface area contributed by atoms with Crippen LogP contribution in [0.1, 0.15) is 15.9 Å². The molecule has 0 atom stereocenters. The molecule has 0 radical (unpaired) electrons. The SMILES string of the molecule is O=C(Nc1ccccc1)c1cn(Cc2ccc(-n3cccn3)cc2)c2cccnc12. The molecule has 0 unspecified atom stereocenters. The lowest BCUT2D eigenvalue weighted by Crippen LogP contribution is -2.11. The molecule has 2 aromatic carbocycles. The lowest BCUT2D eigenvalue weighted by Gasteiger charge is -2.07. The number of carbonyl (C=O) groups excluding carboxylic acids is 1. The van der Waals surface area contributed by atoms with E-state index in [2.05, 4.69) is 32.1 Å². The monoisotopic (exact) mass is 393 g/mol. The highest BCUT2D eigenvalue weighted by molar-refractivity contribution is 6.11. The number of carbonyl (C=O) groups is 1. The Balaban J connectivity index is 1.44. The normalized spacial score (nSPS) is 10.9. The number of pyridine rings is 1. The highest BCUT2D eigenvalue weighted by Crippen LogP contribution is 2.22. The Morgan fingerprint density at radius 2 is 1.73 bits per heavy atom. The Kier molecular flexibility index (Phi) is 4.57. The molecule has 0 aliphatic rings. The van der Waals surface area contributed by atoms with E-state index in [1.807, 2.05) is 77.7 Å². The van der Waals surface area contributed by atoms with Gasteiger partial charge < -0.3 is 9.88 Å². The molecule has 0 saturated heterocycles. The summed E-state index contributed by atoms with van der Waals surface area (Å²) in [6.45, 7) is 0.639. The van der Waals surface area contributed by atoms with E-state index in [4.69, 9.17) is 0 Å². The van der Waals surface area contributed by atoms with Gasteiger partial charge in [-0.05, 0) is 48.0 Å². The highest BCUT2D eigenvalue weighted by atomic mass is 16.1. The number of hydrogen-bond acceptors (Lipinski definition) is 3. The van der Waals surface area contributed by atoms with Crippen molar-refractivity contribution >= 4 is 22.6 Å². The number of benzene rings is 2. The Labute approximate surface area is 173 Å². The van der Waals surface area contributed by atoms with Crippen molar-refractivity contribution in [3.05, 3.63) is 109 Å². The van der Waals surface area contributed by atoms with E-state index in [1.54, 1.807) is 12.4 Å². The van der Waals surface area contributed by atoms with Crippen LogP contribution in [0.2, 0.25) is 0 Å². The van der Waals surface area contributed by atoms with E-state index in [1.165, 1.54) is 0 Å². The maximum Gasteiger partial charge on any atom is 0.259 e. The molecule has 30 heavy (non-hydrogen) atoms. The standard InChI is InChI=1S/C24H19N5O/c30-24(27-19-6-2-1-3-7-19)21-17-28(22-8-4-13-25-23(21)22)16-18-9-11-20(12-10-18)29-15-5-14-26-29/h1-15,17H,16H2,(H,27,30). The molecule has 1 amide bonds. The molecular formula is C24H19N5O. The van der Waals surface area contributed by atoms with Crippen LogP contribution < -0.4 is 5.32 Å². The molecule has 1 N–H and O–H groups in total. The van der Waals surface area contributed by atoms with Crippen LogP contribution >= 0.6 is 0 Å². The fraction of sp³-hybridized carbons (Fsp3) is 0.0417. The molecule has 5 aromatic rings. The fourth-order valence-corrected chi connectivity index (χ4v) is 3.51. The van der Waals surface area contributed by atoms with Crippen LogP contribution in [0, 0.1) is 0 Å². The summed E-state index contributed by atoms with van der Waals surface area (Å²) in [6, 6.07) is 23.4. The first-order valence-electron chi connectivity index (χ1n) is 9.67. The van der Waals surface area contributed by atoms with Gasteiger partial charge in [0.2, 0.25) is 0 Å². The first-order chi connectivity index (χ1) is 14.8. The zero-order valence-electron chi connectivity index (χ0n) is 16.1. The Hall–Kier alpha value is -4.19. The number of rotatable bonds is 5. The first-order valence-corrected chi connectivity index (χ1v) is 9.67. The maximum atomic E-state index is 12.9. The van der Waals surface area contributed by atoms with Gasteiger partial charge in [0.1, 0.15) is 5.52 Å². The average molecular weight is 393 g/mol. The lowest BCUT2D eigenvalue weighted by atomic mass is 10.2. The van der Waals surface area contributed by atoms with Crippen molar-refractivity contribution in [3.8, 4) is 5.69 Å². The van der Waals surface area contributed by atoms with Crippen molar-refractivity contribution in [1.82, 2.24) is 19.3 Å². The first kappa shape index (κ1) is 17.9. The van der Waals surface area contributed by atoms with Crippen molar-refractivity contribution < 1.29 is 4.79 Å². The average Bonchev–Trinajstić information content (AvgIpc) is 3.44. The fourth-order valence-electron chi connectivity index (χ4n) is 3.51. The number of nitrogens with zero attached hydrogens (tertiary/aromatic N) is 4. The number of anilines is 1. The highest BCUT2D eigenvalue weighted by Gasteiger charge is 2.16. The summed E-state index contributed by atoms with van der Waals surface area (Å²) in [4.78, 5) is 17.4. The van der Waals surface area contributed by atoms with Crippen molar-refractivity contribution in [2.45, 2.75) is 6.54 Å². The summed E-state index contributed by atoms with van der Waals surface area (Å²) in [7, 11) is 0. The number of amides is 1. The van der Waals surface area contributed by atoms with Crippen LogP contribution in [0.3, 0.4) is 0 Å². The Morgan fingerprint density at radius 3 is 2.50 bits per heavy atom. The summed E-state index contributed by atoms with van der Waals surface area (Å²) >= 11 is 0. The van der Waals surface area contributed by atoms with Crippen LogP contribution in [0.15, 0.2) is 97.6 Å². The third-order valence-corrected chi connectivity index (χ3v) is 4.97. The second-order valence-electron chi connectivity index (χ2n) is 6.98. The van der Waals surface area contributed by atoms with E-state index in [0.717, 1.165) is 22.5 Å². The molecule has 0 fully saturated rings. The van der Waals surface area contributed by atoms with Gasteiger partial charge in [-0.2, -0.15) is 5.10 Å². The molecule has 3 heterocycles. The largest absolute Gasteiger partial charge is 0.341 e. The van der Waals surface area contributed by atoms with Crippen molar-refractivity contribution in [2.24, 2.45) is 0 Å². The van der Waals surface area contributed by atoms with Crippen LogP contribution in [0.5, 0.6) is 0 Å². The third-order valence-electron chi connectivity index (χ3n) is 4.97. The van der Waals surface area contributed by atoms with Gasteiger partial charge in [0, 0.05) is 37.0 Å². The van der Waals surface area contributed by atoms with Gasteiger partial charge in [-0.15, -0.1) is 0 Å². The van der Waals surface area contributed by atoms with E-state index < -0.39 is 0 Å². The number of aromatic nitrogens is 4. The van der Waals surface area contributed by atoms with Crippen LogP contribution in [-0.2, 0) is 6.54 Å². The number of hydrogen-bond donors (Lipinski definition) is 1. The molecule has 146 valence electrons. The van der Waals surface area contributed by atoms with E-state index in [9.17, 15) is 4.79 Å². The number of fused-ring (bicyclic) bond motifs is 1. The van der Waals surface area contributed by atoms with Gasteiger partial charge in [0.15, 0.2) is 0 Å². The molecule has 5 rings (SSSR count). The second kappa shape index (κ2) is 7.67. The lowest BCUT2D eigenvalue weighted by molar-refractivity contribution is 0.102. The van der Waals surface area contributed by atoms with Gasteiger partial charge in [-0.1, -0.05) is 30.3 Å². The minimum Gasteiger partial charge on any atom is -0.341 e. The van der Waals surface area contributed by atoms with Gasteiger partial charge >= 0.3 is 0 Å². The minimum atomic E-state index is -0.169. The number of nitrogens with one attached hydrogen (secondary N) is 1. The molecule has 0 spiro atoms. The minimum absolute atomic E-state index is 0.169. The van der Waals surface area contributed by atoms with Crippen LogP contribution in [-0.4, -0.2) is 25.2 Å².